The maximum absolute atomic E-state index is 12.9. The van der Waals surface area contributed by atoms with Crippen LogP contribution in [0.3, 0.4) is 0 Å². The second-order valence-corrected chi connectivity index (χ2v) is 7.50. The van der Waals surface area contributed by atoms with Crippen LogP contribution in [0.2, 0.25) is 0 Å². The van der Waals surface area contributed by atoms with Gasteiger partial charge in [-0.2, -0.15) is 17.5 Å². The number of nitrogens with zero attached hydrogens (tertiary/aromatic N) is 1. The molecular formula is C16H24F3NO2S. The minimum atomic E-state index is -4.54. The smallest absolute Gasteiger partial charge is 0.207 e. The summed E-state index contributed by atoms with van der Waals surface area (Å²) in [6.45, 7) is 6.20. The third-order valence-electron chi connectivity index (χ3n) is 3.52. The van der Waals surface area contributed by atoms with Gasteiger partial charge in [0.25, 0.3) is 0 Å². The minimum Gasteiger partial charge on any atom is -0.207 e. The van der Waals surface area contributed by atoms with Gasteiger partial charge in [0.1, 0.15) is 0 Å². The molecule has 0 saturated carbocycles. The molecule has 0 bridgehead atoms. The lowest BCUT2D eigenvalue weighted by molar-refractivity contribution is -0.138. The van der Waals surface area contributed by atoms with Gasteiger partial charge in [-0.05, 0) is 37.5 Å². The SMILES string of the molecule is CCC.Cc1c(C(F)(F)F)cccc1S(=O)(=O)N1CCCCC1. The van der Waals surface area contributed by atoms with Crippen LogP contribution in [0.4, 0.5) is 13.2 Å². The maximum atomic E-state index is 12.9. The summed E-state index contributed by atoms with van der Waals surface area (Å²) in [5.41, 5.74) is -1.12. The fraction of sp³-hybridized carbons (Fsp3) is 0.625. The lowest BCUT2D eigenvalue weighted by Crippen LogP contribution is -2.36. The Morgan fingerprint density at radius 2 is 1.61 bits per heavy atom. The molecule has 1 aliphatic rings. The van der Waals surface area contributed by atoms with E-state index in [1.54, 1.807) is 0 Å². The summed E-state index contributed by atoms with van der Waals surface area (Å²) in [6.07, 6.45) is -0.848. The predicted octanol–water partition coefficient (Wildman–Crippen LogP) is 4.60. The fourth-order valence-corrected chi connectivity index (χ4v) is 4.21. The Kier molecular flexibility index (Phi) is 7.07. The number of rotatable bonds is 2. The van der Waals surface area contributed by atoms with Crippen molar-refractivity contribution >= 4 is 10.0 Å². The number of sulfonamides is 1. The van der Waals surface area contributed by atoms with E-state index in [0.717, 1.165) is 31.4 Å². The van der Waals surface area contributed by atoms with Gasteiger partial charge in [0, 0.05) is 13.1 Å². The standard InChI is InChI=1S/C13H16F3NO2S.C3H8/c1-10-11(13(14,15)16)6-5-7-12(10)20(18,19)17-8-3-2-4-9-17;1-3-2/h5-7H,2-4,8-9H2,1H3;3H2,1-2H3. The highest BCUT2D eigenvalue weighted by molar-refractivity contribution is 7.89. The number of piperidine rings is 1. The first kappa shape index (κ1) is 20.0. The number of benzene rings is 1. The summed E-state index contributed by atoms with van der Waals surface area (Å²) in [7, 11) is -3.84. The van der Waals surface area contributed by atoms with Crippen LogP contribution in [0.15, 0.2) is 23.1 Å². The first-order chi connectivity index (χ1) is 10.7. The molecule has 0 amide bonds. The first-order valence-corrected chi connectivity index (χ1v) is 9.27. The molecule has 1 aromatic carbocycles. The van der Waals surface area contributed by atoms with Crippen molar-refractivity contribution in [3.8, 4) is 0 Å². The molecule has 0 aromatic heterocycles. The molecule has 1 heterocycles. The zero-order valence-electron chi connectivity index (χ0n) is 13.8. The van der Waals surface area contributed by atoms with Gasteiger partial charge < -0.3 is 0 Å². The van der Waals surface area contributed by atoms with Gasteiger partial charge in [-0.15, -0.1) is 0 Å². The average molecular weight is 351 g/mol. The molecular weight excluding hydrogens is 327 g/mol. The first-order valence-electron chi connectivity index (χ1n) is 7.83. The van der Waals surface area contributed by atoms with Crippen LogP contribution in [0.1, 0.15) is 50.7 Å². The number of hydrogen-bond donors (Lipinski definition) is 0. The Morgan fingerprint density at radius 3 is 2.09 bits per heavy atom. The third-order valence-corrected chi connectivity index (χ3v) is 5.57. The summed E-state index contributed by atoms with van der Waals surface area (Å²) >= 11 is 0. The van der Waals surface area contributed by atoms with Crippen molar-refractivity contribution in [2.75, 3.05) is 13.1 Å². The Morgan fingerprint density at radius 1 is 1.09 bits per heavy atom. The molecule has 7 heteroatoms. The largest absolute Gasteiger partial charge is 0.416 e. The van der Waals surface area contributed by atoms with E-state index < -0.39 is 21.8 Å². The van der Waals surface area contributed by atoms with E-state index in [1.165, 1.54) is 23.7 Å². The lowest BCUT2D eigenvalue weighted by Gasteiger charge is -2.27. The Bertz CT molecular complexity index is 606. The highest BCUT2D eigenvalue weighted by Crippen LogP contribution is 2.35. The second kappa shape index (κ2) is 8.15. The average Bonchev–Trinajstić information content (AvgIpc) is 2.48. The predicted molar refractivity (Wildman–Crippen MR) is 84.8 cm³/mol. The normalized spacial score (nSPS) is 16.6. The van der Waals surface area contributed by atoms with Crippen molar-refractivity contribution < 1.29 is 21.6 Å². The van der Waals surface area contributed by atoms with E-state index in [9.17, 15) is 21.6 Å². The van der Waals surface area contributed by atoms with Gasteiger partial charge in [-0.1, -0.05) is 32.8 Å². The zero-order chi connectivity index (χ0) is 17.7. The zero-order valence-corrected chi connectivity index (χ0v) is 14.6. The lowest BCUT2D eigenvalue weighted by atomic mass is 10.1. The minimum absolute atomic E-state index is 0.231. The summed E-state index contributed by atoms with van der Waals surface area (Å²) in [4.78, 5) is -0.241. The molecule has 132 valence electrons. The molecule has 0 N–H and O–H groups in total. The topological polar surface area (TPSA) is 37.4 Å². The van der Waals surface area contributed by atoms with E-state index in [4.69, 9.17) is 0 Å². The molecule has 0 aliphatic carbocycles. The number of alkyl halides is 3. The van der Waals surface area contributed by atoms with Crippen LogP contribution >= 0.6 is 0 Å². The van der Waals surface area contributed by atoms with E-state index in [0.29, 0.717) is 13.1 Å². The molecule has 1 fully saturated rings. The number of hydrogen-bond acceptors (Lipinski definition) is 2. The summed E-state index contributed by atoms with van der Waals surface area (Å²) < 4.78 is 64.7. The summed E-state index contributed by atoms with van der Waals surface area (Å²) in [5.74, 6) is 0. The van der Waals surface area contributed by atoms with E-state index in [1.807, 2.05) is 0 Å². The van der Waals surface area contributed by atoms with Crippen LogP contribution in [0.5, 0.6) is 0 Å². The third kappa shape index (κ3) is 4.94. The molecule has 0 atom stereocenters. The van der Waals surface area contributed by atoms with Crippen LogP contribution < -0.4 is 0 Å². The molecule has 0 radical (unpaired) electrons. The maximum Gasteiger partial charge on any atom is 0.416 e. The molecule has 1 aromatic rings. The second-order valence-electron chi connectivity index (χ2n) is 5.60. The van der Waals surface area contributed by atoms with Crippen LogP contribution in [-0.4, -0.2) is 25.8 Å². The molecule has 2 rings (SSSR count). The van der Waals surface area contributed by atoms with Crippen molar-refractivity contribution in [1.82, 2.24) is 4.31 Å². The van der Waals surface area contributed by atoms with Crippen molar-refractivity contribution in [2.24, 2.45) is 0 Å². The molecule has 1 aliphatic heterocycles. The van der Waals surface area contributed by atoms with Crippen molar-refractivity contribution in [3.05, 3.63) is 29.3 Å². The van der Waals surface area contributed by atoms with Gasteiger partial charge in [0.2, 0.25) is 10.0 Å². The van der Waals surface area contributed by atoms with Gasteiger partial charge in [0.15, 0.2) is 0 Å². The molecule has 0 spiro atoms. The van der Waals surface area contributed by atoms with Crippen molar-refractivity contribution in [2.45, 2.75) is 57.5 Å². The molecule has 23 heavy (non-hydrogen) atoms. The van der Waals surface area contributed by atoms with Crippen LogP contribution in [0, 0.1) is 6.92 Å². The molecule has 0 unspecified atom stereocenters. The fourth-order valence-electron chi connectivity index (χ4n) is 2.45. The summed E-state index contributed by atoms with van der Waals surface area (Å²) in [5, 5.41) is 0. The Balaban J connectivity index is 0.000000816. The Labute approximate surface area is 136 Å². The van der Waals surface area contributed by atoms with Crippen LogP contribution in [-0.2, 0) is 16.2 Å². The Hall–Kier alpha value is -1.08. The van der Waals surface area contributed by atoms with E-state index in [-0.39, 0.29) is 10.5 Å². The number of halogens is 3. The summed E-state index contributed by atoms with van der Waals surface area (Å²) in [6, 6.07) is 3.30. The van der Waals surface area contributed by atoms with E-state index in [2.05, 4.69) is 13.8 Å². The van der Waals surface area contributed by atoms with Crippen molar-refractivity contribution in [1.29, 1.82) is 0 Å². The van der Waals surface area contributed by atoms with Crippen LogP contribution in [0.25, 0.3) is 0 Å². The highest BCUT2D eigenvalue weighted by Gasteiger charge is 2.36. The highest BCUT2D eigenvalue weighted by atomic mass is 32.2. The van der Waals surface area contributed by atoms with Gasteiger partial charge in [-0.25, -0.2) is 8.42 Å². The van der Waals surface area contributed by atoms with E-state index >= 15 is 0 Å². The molecule has 1 saturated heterocycles. The molecule has 3 nitrogen and oxygen atoms in total. The van der Waals surface area contributed by atoms with Gasteiger partial charge in [-0.3, -0.25) is 0 Å². The van der Waals surface area contributed by atoms with Crippen molar-refractivity contribution in [3.63, 3.8) is 0 Å². The monoisotopic (exact) mass is 351 g/mol. The quantitative estimate of drug-likeness (QED) is 0.780. The van der Waals surface area contributed by atoms with Gasteiger partial charge >= 0.3 is 6.18 Å². The van der Waals surface area contributed by atoms with Gasteiger partial charge in [0.05, 0.1) is 10.5 Å².